The van der Waals surface area contributed by atoms with Crippen molar-refractivity contribution in [1.82, 2.24) is 4.98 Å². The molecule has 3 heterocycles. The highest BCUT2D eigenvalue weighted by atomic mass is 32.1. The van der Waals surface area contributed by atoms with Crippen LogP contribution in [0.15, 0.2) is 60.4 Å². The van der Waals surface area contributed by atoms with Crippen molar-refractivity contribution in [2.24, 2.45) is 5.92 Å². The summed E-state index contributed by atoms with van der Waals surface area (Å²) < 4.78 is 0. The summed E-state index contributed by atoms with van der Waals surface area (Å²) in [6, 6.07) is 18.4. The second kappa shape index (κ2) is 8.43. The molecule has 0 spiro atoms. The summed E-state index contributed by atoms with van der Waals surface area (Å²) in [5.74, 6) is 1.31. The second-order valence-corrected chi connectivity index (χ2v) is 9.94. The maximum Gasteiger partial charge on any atom is 0.139 e. The first kappa shape index (κ1) is 20.8. The van der Waals surface area contributed by atoms with Crippen molar-refractivity contribution in [3.8, 4) is 11.3 Å². The van der Waals surface area contributed by atoms with Gasteiger partial charge in [-0.1, -0.05) is 37.3 Å². The van der Waals surface area contributed by atoms with Crippen molar-refractivity contribution in [3.63, 3.8) is 0 Å². The number of piperidine rings is 1. The highest BCUT2D eigenvalue weighted by molar-refractivity contribution is 7.13. The maximum atomic E-state index is 10.8. The zero-order valence-corrected chi connectivity index (χ0v) is 19.3. The fourth-order valence-electron chi connectivity index (χ4n) is 4.50. The molecule has 2 aliphatic rings. The highest BCUT2D eigenvalue weighted by Gasteiger charge is 2.32. The van der Waals surface area contributed by atoms with E-state index in [1.807, 2.05) is 42.2 Å². The van der Waals surface area contributed by atoms with E-state index < -0.39 is 0 Å². The average Bonchev–Trinajstić information content (AvgIpc) is 3.33. The van der Waals surface area contributed by atoms with Crippen molar-refractivity contribution < 1.29 is 5.11 Å². The number of nitrogens with one attached hydrogen (secondary N) is 1. The molecule has 0 amide bonds. The lowest BCUT2D eigenvalue weighted by atomic mass is 9.99. The SMILES string of the molecule is Cc1sc(C2=C(O)CN(c3ccc(N4CCC(C)CC4)cc3)C2=N)nc1-c1ccccc1. The molecule has 0 aliphatic carbocycles. The Balaban J connectivity index is 1.36. The van der Waals surface area contributed by atoms with Gasteiger partial charge >= 0.3 is 0 Å². The fourth-order valence-corrected chi connectivity index (χ4v) is 5.51. The number of aliphatic hydroxyl groups excluding tert-OH is 1. The van der Waals surface area contributed by atoms with Gasteiger partial charge in [-0.2, -0.15) is 0 Å². The number of amidine groups is 1. The summed E-state index contributed by atoms with van der Waals surface area (Å²) in [4.78, 5) is 10.2. The van der Waals surface area contributed by atoms with Gasteiger partial charge < -0.3 is 14.9 Å². The third kappa shape index (κ3) is 3.79. The number of thiazole rings is 1. The standard InChI is InChI=1S/C26H28N4OS/c1-17-12-14-29(15-13-17)20-8-10-21(11-9-20)30-16-22(31)23(25(30)27)26-28-24(18(2)32-26)19-6-4-3-5-7-19/h3-11,17,27,31H,12-16H2,1-2H3. The van der Waals surface area contributed by atoms with Crippen LogP contribution < -0.4 is 9.80 Å². The van der Waals surface area contributed by atoms with E-state index in [1.54, 1.807) is 0 Å². The van der Waals surface area contributed by atoms with Crippen LogP contribution in [0.2, 0.25) is 0 Å². The van der Waals surface area contributed by atoms with Crippen LogP contribution in [0.25, 0.3) is 16.8 Å². The smallest absolute Gasteiger partial charge is 0.139 e. The molecule has 32 heavy (non-hydrogen) atoms. The van der Waals surface area contributed by atoms with Gasteiger partial charge in [-0.15, -0.1) is 11.3 Å². The van der Waals surface area contributed by atoms with Gasteiger partial charge in [0, 0.05) is 34.9 Å². The molecule has 6 heteroatoms. The molecule has 0 radical (unpaired) electrons. The number of anilines is 2. The molecule has 5 nitrogen and oxygen atoms in total. The lowest BCUT2D eigenvalue weighted by Crippen LogP contribution is -2.32. The van der Waals surface area contributed by atoms with Crippen LogP contribution in [0, 0.1) is 18.3 Å². The van der Waals surface area contributed by atoms with Crippen molar-refractivity contribution in [2.75, 3.05) is 29.4 Å². The number of aromatic nitrogens is 1. The van der Waals surface area contributed by atoms with Crippen LogP contribution in [0.1, 0.15) is 29.7 Å². The third-order valence-corrected chi connectivity index (χ3v) is 7.46. The summed E-state index contributed by atoms with van der Waals surface area (Å²) in [6.45, 7) is 6.86. The Kier molecular flexibility index (Phi) is 5.47. The minimum atomic E-state index is 0.206. The first-order chi connectivity index (χ1) is 15.5. The number of nitrogens with zero attached hydrogens (tertiary/aromatic N) is 3. The molecule has 0 atom stereocenters. The molecule has 0 saturated carbocycles. The quantitative estimate of drug-likeness (QED) is 0.509. The van der Waals surface area contributed by atoms with E-state index in [0.717, 1.165) is 40.8 Å². The number of aryl methyl sites for hydroxylation is 1. The molecule has 2 N–H and O–H groups in total. The van der Waals surface area contributed by atoms with Crippen LogP contribution >= 0.6 is 11.3 Å². The molecule has 3 aromatic rings. The number of aliphatic hydroxyl groups is 1. The van der Waals surface area contributed by atoms with Crippen LogP contribution in [0.5, 0.6) is 0 Å². The van der Waals surface area contributed by atoms with Crippen LogP contribution in [0.4, 0.5) is 11.4 Å². The number of hydrogen-bond donors (Lipinski definition) is 2. The van der Waals surface area contributed by atoms with Crippen molar-refractivity contribution >= 4 is 34.1 Å². The number of rotatable bonds is 4. The number of hydrogen-bond acceptors (Lipinski definition) is 5. The van der Waals surface area contributed by atoms with Crippen LogP contribution in [-0.2, 0) is 0 Å². The lowest BCUT2D eigenvalue weighted by molar-refractivity contribution is 0.411. The van der Waals surface area contributed by atoms with Crippen molar-refractivity contribution in [1.29, 1.82) is 5.41 Å². The molecule has 1 fully saturated rings. The minimum absolute atomic E-state index is 0.206. The lowest BCUT2D eigenvalue weighted by Gasteiger charge is -2.32. The van der Waals surface area contributed by atoms with E-state index in [9.17, 15) is 5.11 Å². The molecule has 5 rings (SSSR count). The summed E-state index contributed by atoms with van der Waals surface area (Å²) in [5.41, 5.74) is 4.65. The van der Waals surface area contributed by atoms with Gasteiger partial charge in [0.05, 0.1) is 17.8 Å². The normalized spacial score (nSPS) is 17.5. The molecule has 1 aromatic heterocycles. The monoisotopic (exact) mass is 444 g/mol. The summed E-state index contributed by atoms with van der Waals surface area (Å²) in [5, 5.41) is 20.2. The van der Waals surface area contributed by atoms with Crippen molar-refractivity contribution in [3.05, 3.63) is 70.2 Å². The zero-order valence-electron chi connectivity index (χ0n) is 18.5. The third-order valence-electron chi connectivity index (χ3n) is 6.47. The summed E-state index contributed by atoms with van der Waals surface area (Å²) >= 11 is 1.53. The Morgan fingerprint density at radius 1 is 1.00 bits per heavy atom. The number of benzene rings is 2. The van der Waals surface area contributed by atoms with E-state index in [4.69, 9.17) is 10.4 Å². The van der Waals surface area contributed by atoms with Gasteiger partial charge in [-0.05, 0) is 49.9 Å². The van der Waals surface area contributed by atoms with E-state index in [0.29, 0.717) is 23.0 Å². The predicted octanol–water partition coefficient (Wildman–Crippen LogP) is 6.12. The Hall–Kier alpha value is -3.12. The molecule has 0 bridgehead atoms. The van der Waals surface area contributed by atoms with Gasteiger partial charge in [0.1, 0.15) is 16.6 Å². The molecule has 1 saturated heterocycles. The maximum absolute atomic E-state index is 10.8. The van der Waals surface area contributed by atoms with E-state index in [1.165, 1.54) is 29.9 Å². The zero-order chi connectivity index (χ0) is 22.2. The van der Waals surface area contributed by atoms with Gasteiger partial charge in [0.25, 0.3) is 0 Å². The minimum Gasteiger partial charge on any atom is -0.510 e. The molecule has 164 valence electrons. The van der Waals surface area contributed by atoms with Gasteiger partial charge in [-0.25, -0.2) is 4.98 Å². The molecular weight excluding hydrogens is 416 g/mol. The van der Waals surface area contributed by atoms with Crippen LogP contribution in [0.3, 0.4) is 0 Å². The molecular formula is C26H28N4OS. The fraction of sp³-hybridized carbons (Fsp3) is 0.308. The van der Waals surface area contributed by atoms with E-state index in [-0.39, 0.29) is 5.76 Å². The Morgan fingerprint density at radius 3 is 2.34 bits per heavy atom. The first-order valence-corrected chi connectivity index (χ1v) is 12.0. The van der Waals surface area contributed by atoms with Gasteiger partial charge in [0.15, 0.2) is 0 Å². The largest absolute Gasteiger partial charge is 0.510 e. The topological polar surface area (TPSA) is 63.5 Å². The van der Waals surface area contributed by atoms with Gasteiger partial charge in [0.2, 0.25) is 0 Å². The Bertz CT molecular complexity index is 1160. The predicted molar refractivity (Wildman–Crippen MR) is 134 cm³/mol. The van der Waals surface area contributed by atoms with Crippen LogP contribution in [-0.4, -0.2) is 35.6 Å². The summed E-state index contributed by atoms with van der Waals surface area (Å²) in [7, 11) is 0. The summed E-state index contributed by atoms with van der Waals surface area (Å²) in [6.07, 6.45) is 2.47. The molecule has 0 unspecified atom stereocenters. The van der Waals surface area contributed by atoms with E-state index >= 15 is 0 Å². The molecule has 2 aromatic carbocycles. The Morgan fingerprint density at radius 2 is 1.66 bits per heavy atom. The van der Waals surface area contributed by atoms with Gasteiger partial charge in [-0.3, -0.25) is 5.41 Å². The first-order valence-electron chi connectivity index (χ1n) is 11.2. The highest BCUT2D eigenvalue weighted by Crippen LogP contribution is 2.37. The van der Waals surface area contributed by atoms with E-state index in [2.05, 4.69) is 36.1 Å². The Labute approximate surface area is 193 Å². The van der Waals surface area contributed by atoms with Crippen molar-refractivity contribution in [2.45, 2.75) is 26.7 Å². The molecule has 2 aliphatic heterocycles. The average molecular weight is 445 g/mol. The second-order valence-electron chi connectivity index (χ2n) is 8.73.